The lowest BCUT2D eigenvalue weighted by Crippen LogP contribution is -2.10. The fourth-order valence-corrected chi connectivity index (χ4v) is 3.81. The van der Waals surface area contributed by atoms with Crippen LogP contribution in [-0.4, -0.2) is 0 Å². The Balaban J connectivity index is 1.82. The summed E-state index contributed by atoms with van der Waals surface area (Å²) in [5.41, 5.74) is 6.50. The number of rotatable bonds is 11. The third kappa shape index (κ3) is 6.22. The lowest BCUT2D eigenvalue weighted by atomic mass is 10.0. The zero-order chi connectivity index (χ0) is 20.3. The molecular weight excluding hydrogens is 350 g/mol. The predicted octanol–water partition coefficient (Wildman–Crippen LogP) is 8.62. The van der Waals surface area contributed by atoms with Gasteiger partial charge in [-0.3, -0.25) is 0 Å². The van der Waals surface area contributed by atoms with Crippen LogP contribution < -0.4 is 4.90 Å². The largest absolute Gasteiger partial charge is 0.311 e. The SMILES string of the molecule is CCCCCc1ccc(N(c2ccccc2)c2ccc(CCCCC)cc2)cc1. The van der Waals surface area contributed by atoms with Crippen LogP contribution in [0.2, 0.25) is 0 Å². The average Bonchev–Trinajstić information content (AvgIpc) is 2.77. The Labute approximate surface area is 177 Å². The standard InChI is InChI=1S/C28H35N/c1-3-5-8-12-24-16-20-27(21-17-24)29(26-14-10-7-11-15-26)28-22-18-25(19-23-28)13-9-6-4-2/h7,10-11,14-23H,3-6,8-9,12-13H2,1-2H3. The van der Waals surface area contributed by atoms with Gasteiger partial charge in [-0.15, -0.1) is 0 Å². The number of para-hydroxylation sites is 1. The van der Waals surface area contributed by atoms with E-state index in [2.05, 4.69) is 97.6 Å². The van der Waals surface area contributed by atoms with E-state index in [1.54, 1.807) is 0 Å². The smallest absolute Gasteiger partial charge is 0.0461 e. The first kappa shape index (κ1) is 21.2. The molecule has 0 aromatic heterocycles. The minimum Gasteiger partial charge on any atom is -0.311 e. The molecule has 0 heterocycles. The van der Waals surface area contributed by atoms with Crippen LogP contribution in [0.25, 0.3) is 0 Å². The number of anilines is 3. The molecule has 0 N–H and O–H groups in total. The van der Waals surface area contributed by atoms with Crippen LogP contribution in [0, 0.1) is 0 Å². The van der Waals surface area contributed by atoms with Gasteiger partial charge in [0.2, 0.25) is 0 Å². The summed E-state index contributed by atoms with van der Waals surface area (Å²) in [5.74, 6) is 0. The minimum absolute atomic E-state index is 1.17. The second-order valence-electron chi connectivity index (χ2n) is 7.92. The summed E-state index contributed by atoms with van der Waals surface area (Å²) < 4.78 is 0. The van der Waals surface area contributed by atoms with Crippen molar-refractivity contribution in [3.63, 3.8) is 0 Å². The lowest BCUT2D eigenvalue weighted by molar-refractivity contribution is 0.717. The highest BCUT2D eigenvalue weighted by atomic mass is 15.1. The molecule has 0 aliphatic rings. The second kappa shape index (κ2) is 11.5. The van der Waals surface area contributed by atoms with Crippen LogP contribution in [0.1, 0.15) is 63.5 Å². The summed E-state index contributed by atoms with van der Waals surface area (Å²) in [4.78, 5) is 2.35. The van der Waals surface area contributed by atoms with Gasteiger partial charge in [0.1, 0.15) is 0 Å². The molecule has 0 atom stereocenters. The summed E-state index contributed by atoms with van der Waals surface area (Å²) in [6.45, 7) is 4.52. The van der Waals surface area contributed by atoms with E-state index in [0.717, 1.165) is 0 Å². The monoisotopic (exact) mass is 385 g/mol. The zero-order valence-electron chi connectivity index (χ0n) is 18.1. The van der Waals surface area contributed by atoms with E-state index in [4.69, 9.17) is 0 Å². The molecule has 0 unspecified atom stereocenters. The normalized spacial score (nSPS) is 10.8. The van der Waals surface area contributed by atoms with Crippen LogP contribution in [-0.2, 0) is 12.8 Å². The second-order valence-corrected chi connectivity index (χ2v) is 7.92. The molecule has 3 aromatic rings. The van der Waals surface area contributed by atoms with Gasteiger partial charge in [-0.05, 0) is 73.2 Å². The number of nitrogens with zero attached hydrogens (tertiary/aromatic N) is 1. The topological polar surface area (TPSA) is 3.24 Å². The molecule has 1 heteroatoms. The molecule has 0 radical (unpaired) electrons. The first-order valence-electron chi connectivity index (χ1n) is 11.3. The number of hydrogen-bond acceptors (Lipinski definition) is 1. The number of hydrogen-bond donors (Lipinski definition) is 0. The summed E-state index contributed by atoms with van der Waals surface area (Å²) >= 11 is 0. The van der Waals surface area contributed by atoms with Gasteiger partial charge in [0.15, 0.2) is 0 Å². The molecule has 1 nitrogen and oxygen atoms in total. The van der Waals surface area contributed by atoms with Crippen LogP contribution in [0.4, 0.5) is 17.1 Å². The molecule has 3 rings (SSSR count). The third-order valence-electron chi connectivity index (χ3n) is 5.54. The van der Waals surface area contributed by atoms with Gasteiger partial charge >= 0.3 is 0 Å². The first-order chi connectivity index (χ1) is 14.3. The van der Waals surface area contributed by atoms with Crippen molar-refractivity contribution in [1.82, 2.24) is 0 Å². The Hall–Kier alpha value is -2.54. The molecule has 29 heavy (non-hydrogen) atoms. The van der Waals surface area contributed by atoms with Gasteiger partial charge in [-0.25, -0.2) is 0 Å². The van der Waals surface area contributed by atoms with E-state index in [1.807, 2.05) is 0 Å². The highest BCUT2D eigenvalue weighted by Gasteiger charge is 2.12. The average molecular weight is 386 g/mol. The van der Waals surface area contributed by atoms with Gasteiger partial charge in [0.25, 0.3) is 0 Å². The molecule has 0 aliphatic heterocycles. The number of unbranched alkanes of at least 4 members (excludes halogenated alkanes) is 4. The van der Waals surface area contributed by atoms with Crippen LogP contribution in [0.15, 0.2) is 78.9 Å². The van der Waals surface area contributed by atoms with Crippen molar-refractivity contribution < 1.29 is 0 Å². The molecule has 0 spiro atoms. The molecule has 0 amide bonds. The van der Waals surface area contributed by atoms with Crippen molar-refractivity contribution in [2.75, 3.05) is 4.90 Å². The molecular formula is C28H35N. The van der Waals surface area contributed by atoms with Crippen LogP contribution in [0.5, 0.6) is 0 Å². The quantitative estimate of drug-likeness (QED) is 0.299. The molecule has 152 valence electrons. The highest BCUT2D eigenvalue weighted by molar-refractivity contribution is 5.76. The Kier molecular flexibility index (Phi) is 8.37. The van der Waals surface area contributed by atoms with E-state index < -0.39 is 0 Å². The Morgan fingerprint density at radius 1 is 0.483 bits per heavy atom. The number of benzene rings is 3. The lowest BCUT2D eigenvalue weighted by Gasteiger charge is -2.26. The van der Waals surface area contributed by atoms with Gasteiger partial charge in [-0.1, -0.05) is 82.0 Å². The fourth-order valence-electron chi connectivity index (χ4n) is 3.81. The van der Waals surface area contributed by atoms with E-state index in [1.165, 1.54) is 79.6 Å². The van der Waals surface area contributed by atoms with E-state index in [-0.39, 0.29) is 0 Å². The summed E-state index contributed by atoms with van der Waals surface area (Å²) in [6, 6.07) is 28.9. The highest BCUT2D eigenvalue weighted by Crippen LogP contribution is 2.34. The van der Waals surface area contributed by atoms with Crippen molar-refractivity contribution in [3.8, 4) is 0 Å². The minimum atomic E-state index is 1.17. The number of aryl methyl sites for hydroxylation is 2. The maximum atomic E-state index is 2.35. The Morgan fingerprint density at radius 2 is 0.897 bits per heavy atom. The predicted molar refractivity (Wildman–Crippen MR) is 128 cm³/mol. The van der Waals surface area contributed by atoms with Crippen molar-refractivity contribution in [1.29, 1.82) is 0 Å². The van der Waals surface area contributed by atoms with Gasteiger partial charge in [0, 0.05) is 17.1 Å². The zero-order valence-corrected chi connectivity index (χ0v) is 18.1. The molecule has 0 fully saturated rings. The molecule has 0 aliphatic carbocycles. The summed E-state index contributed by atoms with van der Waals surface area (Å²) in [6.07, 6.45) is 10.1. The van der Waals surface area contributed by atoms with Gasteiger partial charge in [-0.2, -0.15) is 0 Å². The van der Waals surface area contributed by atoms with Crippen LogP contribution >= 0.6 is 0 Å². The van der Waals surface area contributed by atoms with Crippen molar-refractivity contribution in [2.24, 2.45) is 0 Å². The first-order valence-corrected chi connectivity index (χ1v) is 11.3. The summed E-state index contributed by atoms with van der Waals surface area (Å²) in [7, 11) is 0. The van der Waals surface area contributed by atoms with E-state index in [0.29, 0.717) is 0 Å². The van der Waals surface area contributed by atoms with Gasteiger partial charge < -0.3 is 4.90 Å². The summed E-state index contributed by atoms with van der Waals surface area (Å²) in [5, 5.41) is 0. The van der Waals surface area contributed by atoms with Crippen molar-refractivity contribution in [2.45, 2.75) is 65.2 Å². The fraction of sp³-hybridized carbons (Fsp3) is 0.357. The van der Waals surface area contributed by atoms with E-state index >= 15 is 0 Å². The Bertz CT molecular complexity index is 765. The molecule has 0 saturated heterocycles. The molecule has 0 saturated carbocycles. The molecule has 3 aromatic carbocycles. The van der Waals surface area contributed by atoms with E-state index in [9.17, 15) is 0 Å². The van der Waals surface area contributed by atoms with Crippen LogP contribution in [0.3, 0.4) is 0 Å². The maximum Gasteiger partial charge on any atom is 0.0461 e. The Morgan fingerprint density at radius 3 is 1.31 bits per heavy atom. The maximum absolute atomic E-state index is 2.35. The van der Waals surface area contributed by atoms with Gasteiger partial charge in [0.05, 0.1) is 0 Å². The van der Waals surface area contributed by atoms with Crippen molar-refractivity contribution in [3.05, 3.63) is 90.0 Å². The third-order valence-corrected chi connectivity index (χ3v) is 5.54. The molecule has 0 bridgehead atoms. The van der Waals surface area contributed by atoms with Crippen molar-refractivity contribution >= 4 is 17.1 Å².